The molecule has 2 aliphatic heterocycles. The molecule has 1 aromatic carbocycles. The van der Waals surface area contributed by atoms with Crippen LogP contribution < -0.4 is 14.9 Å². The minimum atomic E-state index is -3.22. The molecule has 120 valence electrons. The van der Waals surface area contributed by atoms with E-state index in [0.29, 0.717) is 25.2 Å². The fourth-order valence-electron chi connectivity index (χ4n) is 3.13. The molecule has 0 aromatic heterocycles. The number of sulfonamides is 1. The van der Waals surface area contributed by atoms with Crippen LogP contribution in [0, 0.1) is 6.92 Å². The molecule has 3 rings (SSSR count). The van der Waals surface area contributed by atoms with Gasteiger partial charge in [0.05, 0.1) is 11.4 Å². The Bertz CT molecular complexity index is 702. The molecule has 2 fully saturated rings. The number of hydrogen-bond acceptors (Lipinski definition) is 4. The number of carbonyl (C=O) groups is 1. The molecule has 0 radical (unpaired) electrons. The lowest BCUT2D eigenvalue weighted by Crippen LogP contribution is -2.38. The number of aryl methyl sites for hydroxylation is 1. The predicted molar refractivity (Wildman–Crippen MR) is 86.5 cm³/mol. The second-order valence-electron chi connectivity index (χ2n) is 6.03. The first-order valence-corrected chi connectivity index (χ1v) is 9.16. The van der Waals surface area contributed by atoms with E-state index in [-0.39, 0.29) is 17.7 Å². The maximum atomic E-state index is 12.2. The van der Waals surface area contributed by atoms with Gasteiger partial charge in [-0.3, -0.25) is 9.10 Å². The highest BCUT2D eigenvalue weighted by atomic mass is 32.2. The average Bonchev–Trinajstić information content (AvgIpc) is 2.78. The van der Waals surface area contributed by atoms with Crippen LogP contribution in [0.1, 0.15) is 24.8 Å². The molecule has 0 saturated carbocycles. The van der Waals surface area contributed by atoms with Gasteiger partial charge in [-0.1, -0.05) is 0 Å². The number of nitrogens with zero attached hydrogens (tertiary/aromatic N) is 2. The summed E-state index contributed by atoms with van der Waals surface area (Å²) < 4.78 is 25.9. The molecule has 22 heavy (non-hydrogen) atoms. The van der Waals surface area contributed by atoms with Crippen LogP contribution in [0.4, 0.5) is 11.4 Å². The van der Waals surface area contributed by atoms with Crippen LogP contribution in [0.15, 0.2) is 18.2 Å². The Hall–Kier alpha value is -1.60. The van der Waals surface area contributed by atoms with E-state index in [4.69, 9.17) is 5.73 Å². The third kappa shape index (κ3) is 2.70. The van der Waals surface area contributed by atoms with Crippen molar-refractivity contribution < 1.29 is 13.2 Å². The highest BCUT2D eigenvalue weighted by Gasteiger charge is 2.30. The second kappa shape index (κ2) is 5.55. The molecule has 2 aliphatic rings. The Morgan fingerprint density at radius 3 is 2.64 bits per heavy atom. The van der Waals surface area contributed by atoms with E-state index in [2.05, 4.69) is 0 Å². The van der Waals surface area contributed by atoms with Crippen molar-refractivity contribution >= 4 is 27.3 Å². The van der Waals surface area contributed by atoms with Crippen molar-refractivity contribution in [2.75, 3.05) is 28.0 Å². The summed E-state index contributed by atoms with van der Waals surface area (Å²) in [5.74, 6) is 0.221. The number of amides is 1. The molecule has 2 saturated heterocycles. The minimum Gasteiger partial charge on any atom is -0.326 e. The van der Waals surface area contributed by atoms with E-state index < -0.39 is 10.0 Å². The molecule has 7 heteroatoms. The van der Waals surface area contributed by atoms with Crippen molar-refractivity contribution in [2.45, 2.75) is 32.2 Å². The van der Waals surface area contributed by atoms with Crippen molar-refractivity contribution in [1.82, 2.24) is 0 Å². The van der Waals surface area contributed by atoms with Crippen molar-refractivity contribution in [3.05, 3.63) is 23.8 Å². The zero-order chi connectivity index (χ0) is 15.9. The van der Waals surface area contributed by atoms with Crippen LogP contribution in [0.3, 0.4) is 0 Å². The largest absolute Gasteiger partial charge is 0.326 e. The summed E-state index contributed by atoms with van der Waals surface area (Å²) in [6.07, 6.45) is 1.96. The Morgan fingerprint density at radius 2 is 2.05 bits per heavy atom. The Labute approximate surface area is 130 Å². The summed E-state index contributed by atoms with van der Waals surface area (Å²) in [5, 5.41) is 0. The monoisotopic (exact) mass is 323 g/mol. The number of anilines is 2. The first kappa shape index (κ1) is 15.3. The van der Waals surface area contributed by atoms with Crippen molar-refractivity contribution in [2.24, 2.45) is 5.73 Å². The Balaban J connectivity index is 1.91. The zero-order valence-corrected chi connectivity index (χ0v) is 13.5. The Morgan fingerprint density at radius 1 is 1.27 bits per heavy atom. The molecule has 2 N–H and O–H groups in total. The smallest absolute Gasteiger partial charge is 0.235 e. The topological polar surface area (TPSA) is 83.7 Å². The van der Waals surface area contributed by atoms with Crippen LogP contribution >= 0.6 is 0 Å². The molecule has 1 atom stereocenters. The quantitative estimate of drug-likeness (QED) is 0.879. The van der Waals surface area contributed by atoms with E-state index in [9.17, 15) is 13.2 Å². The SMILES string of the molecule is Cc1cc(N2CC(N)CC2=O)ccc1N1CCCCS1(=O)=O. The molecule has 0 bridgehead atoms. The minimum absolute atomic E-state index is 0.0187. The zero-order valence-electron chi connectivity index (χ0n) is 12.7. The van der Waals surface area contributed by atoms with Gasteiger partial charge in [0.25, 0.3) is 0 Å². The number of rotatable bonds is 2. The maximum Gasteiger partial charge on any atom is 0.235 e. The first-order valence-electron chi connectivity index (χ1n) is 7.55. The maximum absolute atomic E-state index is 12.2. The summed E-state index contributed by atoms with van der Waals surface area (Å²) in [6, 6.07) is 5.34. The second-order valence-corrected chi connectivity index (χ2v) is 8.05. The molecular formula is C15H21N3O3S. The lowest BCUT2D eigenvalue weighted by molar-refractivity contribution is -0.117. The van der Waals surface area contributed by atoms with Gasteiger partial charge in [-0.2, -0.15) is 0 Å². The molecule has 0 aliphatic carbocycles. The lowest BCUT2D eigenvalue weighted by atomic mass is 10.1. The van der Waals surface area contributed by atoms with Crippen molar-refractivity contribution in [3.8, 4) is 0 Å². The fraction of sp³-hybridized carbons (Fsp3) is 0.533. The van der Waals surface area contributed by atoms with E-state index in [1.807, 2.05) is 19.1 Å². The van der Waals surface area contributed by atoms with Crippen LogP contribution in [0.5, 0.6) is 0 Å². The molecule has 2 heterocycles. The standard InChI is InChI=1S/C15H21N3O3S/c1-11-8-13(17-10-12(16)9-15(17)19)4-5-14(11)18-6-2-3-7-22(18,20)21/h4-5,8,12H,2-3,6-7,9-10,16H2,1H3. The normalized spacial score (nSPS) is 24.8. The van der Waals surface area contributed by atoms with Crippen LogP contribution in [0.25, 0.3) is 0 Å². The molecule has 1 amide bonds. The number of benzene rings is 1. The van der Waals surface area contributed by atoms with E-state index in [0.717, 1.165) is 24.1 Å². The number of nitrogens with two attached hydrogens (primary N) is 1. The van der Waals surface area contributed by atoms with E-state index in [1.165, 1.54) is 4.31 Å². The van der Waals surface area contributed by atoms with Gasteiger partial charge >= 0.3 is 0 Å². The predicted octanol–water partition coefficient (Wildman–Crippen LogP) is 0.989. The van der Waals surface area contributed by atoms with Crippen molar-refractivity contribution in [1.29, 1.82) is 0 Å². The van der Waals surface area contributed by atoms with Crippen LogP contribution in [0.2, 0.25) is 0 Å². The van der Waals surface area contributed by atoms with Crippen LogP contribution in [-0.2, 0) is 14.8 Å². The number of hydrogen-bond donors (Lipinski definition) is 1. The van der Waals surface area contributed by atoms with Gasteiger partial charge in [0.2, 0.25) is 15.9 Å². The fourth-order valence-corrected chi connectivity index (χ4v) is 4.83. The first-order chi connectivity index (χ1) is 10.4. The molecule has 0 spiro atoms. The average molecular weight is 323 g/mol. The highest BCUT2D eigenvalue weighted by molar-refractivity contribution is 7.92. The van der Waals surface area contributed by atoms with E-state index in [1.54, 1.807) is 11.0 Å². The highest BCUT2D eigenvalue weighted by Crippen LogP contribution is 2.31. The van der Waals surface area contributed by atoms with Gasteiger partial charge < -0.3 is 10.6 Å². The van der Waals surface area contributed by atoms with Gasteiger partial charge in [0.1, 0.15) is 0 Å². The lowest BCUT2D eigenvalue weighted by Gasteiger charge is -2.30. The third-order valence-corrected chi connectivity index (χ3v) is 6.12. The summed E-state index contributed by atoms with van der Waals surface area (Å²) in [7, 11) is -3.22. The van der Waals surface area contributed by atoms with Gasteiger partial charge in [-0.25, -0.2) is 8.42 Å². The molecular weight excluding hydrogens is 302 g/mol. The summed E-state index contributed by atoms with van der Waals surface area (Å²) in [4.78, 5) is 13.6. The molecule has 6 nitrogen and oxygen atoms in total. The summed E-state index contributed by atoms with van der Waals surface area (Å²) >= 11 is 0. The Kier molecular flexibility index (Phi) is 3.86. The molecule has 1 unspecified atom stereocenters. The van der Waals surface area contributed by atoms with Gasteiger partial charge in [0, 0.05) is 31.2 Å². The van der Waals surface area contributed by atoms with Gasteiger partial charge in [-0.05, 0) is 43.5 Å². The van der Waals surface area contributed by atoms with Crippen molar-refractivity contribution in [3.63, 3.8) is 0 Å². The number of carbonyl (C=O) groups excluding carboxylic acids is 1. The van der Waals surface area contributed by atoms with Gasteiger partial charge in [0.15, 0.2) is 0 Å². The third-order valence-electron chi connectivity index (χ3n) is 4.26. The van der Waals surface area contributed by atoms with Crippen LogP contribution in [-0.4, -0.2) is 39.2 Å². The van der Waals surface area contributed by atoms with E-state index >= 15 is 0 Å². The van der Waals surface area contributed by atoms with Gasteiger partial charge in [-0.15, -0.1) is 0 Å². The summed E-state index contributed by atoms with van der Waals surface area (Å²) in [6.45, 7) is 2.92. The molecule has 1 aromatic rings. The summed E-state index contributed by atoms with van der Waals surface area (Å²) in [5.41, 5.74) is 8.17.